The van der Waals surface area contributed by atoms with Crippen molar-refractivity contribution in [1.29, 1.82) is 0 Å². The van der Waals surface area contributed by atoms with Crippen LogP contribution in [0.2, 0.25) is 0 Å². The molecule has 3 aliphatic heterocycles. The Balaban J connectivity index is 1.50. The van der Waals surface area contributed by atoms with Gasteiger partial charge in [0.25, 0.3) is 5.79 Å². The third-order valence-electron chi connectivity index (χ3n) is 20.3. The van der Waals surface area contributed by atoms with Crippen LogP contribution in [0.25, 0.3) is 0 Å². The highest BCUT2D eigenvalue weighted by molar-refractivity contribution is 5.77. The smallest absolute Gasteiger partial charge is 0.364 e. The maximum absolute atomic E-state index is 13.5. The summed E-state index contributed by atoms with van der Waals surface area (Å²) in [6.07, 6.45) is 26.8. The third-order valence-corrected chi connectivity index (χ3v) is 20.3. The summed E-state index contributed by atoms with van der Waals surface area (Å²) in [6.45, 7) is 2.25. The van der Waals surface area contributed by atoms with Crippen LogP contribution in [0.15, 0.2) is 0 Å². The number of hydrogen-bond acceptors (Lipinski definition) is 20. The molecular weight excluding hydrogens is 1260 g/mol. The second-order valence-electron chi connectivity index (χ2n) is 28.9. The van der Waals surface area contributed by atoms with Crippen molar-refractivity contribution in [3.8, 4) is 0 Å². The number of ether oxygens (including phenoxy) is 6. The average molecular weight is 1410 g/mol. The number of carbonyl (C=O) groups excluding carboxylic acids is 2. The van der Waals surface area contributed by atoms with E-state index in [9.17, 15) is 75.7 Å². The molecule has 3 heterocycles. The summed E-state index contributed by atoms with van der Waals surface area (Å²) < 4.78 is 34.9. The molecule has 0 saturated carbocycles. The van der Waals surface area contributed by atoms with Crippen molar-refractivity contribution in [2.24, 2.45) is 0 Å². The molecule has 3 saturated heterocycles. The number of carboxylic acid groups (broad SMARTS) is 1. The minimum atomic E-state index is -3.08. The van der Waals surface area contributed by atoms with E-state index in [0.29, 0.717) is 19.3 Å². The number of aliphatic hydroxyl groups excluding tert-OH is 11. The van der Waals surface area contributed by atoms with Gasteiger partial charge in [0.05, 0.1) is 50.7 Å². The van der Waals surface area contributed by atoms with Gasteiger partial charge in [0.15, 0.2) is 12.6 Å². The first-order valence-corrected chi connectivity index (χ1v) is 39.4. The minimum absolute atomic E-state index is 0.230. The minimum Gasteiger partial charge on any atom is -0.477 e. The van der Waals surface area contributed by atoms with Crippen LogP contribution in [-0.4, -0.2) is 215 Å². The Morgan fingerprint density at radius 1 is 0.490 bits per heavy atom. The van der Waals surface area contributed by atoms with Crippen LogP contribution >= 0.6 is 0 Å². The first-order chi connectivity index (χ1) is 47.4. The summed E-state index contributed by atoms with van der Waals surface area (Å²) >= 11 is 0. The van der Waals surface area contributed by atoms with Crippen LogP contribution in [0.3, 0.4) is 0 Å². The lowest BCUT2D eigenvalue weighted by Gasteiger charge is -2.50. The van der Waals surface area contributed by atoms with Crippen molar-refractivity contribution in [1.82, 2.24) is 10.6 Å². The SMILES string of the molecule is CCCCCCCCCCCCCCCCCCCCCCCCCCCCCCC(=O)NC(COC1OC(CO)C(OC2OC(CO)C(O)C(OC3(C(=O)O)CC(O)C(NC(C)=O)C(C(O)C(O)CO)O3)C2O)C(O)C1O)C(O)CCCCCCCCCCCCCCCCCC. The van der Waals surface area contributed by atoms with Gasteiger partial charge in [-0.15, -0.1) is 0 Å². The van der Waals surface area contributed by atoms with Gasteiger partial charge in [0.1, 0.15) is 67.1 Å². The number of nitrogens with one attached hydrogen (secondary N) is 2. The van der Waals surface area contributed by atoms with E-state index in [4.69, 9.17) is 28.4 Å². The molecule has 0 spiro atoms. The van der Waals surface area contributed by atoms with Crippen LogP contribution in [0.5, 0.6) is 0 Å². The maximum Gasteiger partial charge on any atom is 0.364 e. The number of unbranched alkanes of at least 4 members (excludes halogenated alkanes) is 42. The van der Waals surface area contributed by atoms with Gasteiger partial charge in [-0.05, 0) is 12.8 Å². The zero-order valence-corrected chi connectivity index (χ0v) is 60.9. The van der Waals surface area contributed by atoms with Gasteiger partial charge in [-0.25, -0.2) is 4.79 Å². The lowest BCUT2D eigenvalue weighted by atomic mass is 9.88. The number of carbonyl (C=O) groups is 3. The number of rotatable bonds is 62. The molecule has 2 amide bonds. The monoisotopic (exact) mass is 1410 g/mol. The first-order valence-electron chi connectivity index (χ1n) is 39.4. The van der Waals surface area contributed by atoms with Gasteiger partial charge in [0, 0.05) is 19.8 Å². The summed E-state index contributed by atoms with van der Waals surface area (Å²) in [6, 6.07) is -2.52. The molecule has 0 aromatic carbocycles. The predicted octanol–water partition coefficient (Wildman–Crippen LogP) is 9.63. The van der Waals surface area contributed by atoms with E-state index in [1.807, 2.05) is 0 Å². The highest BCUT2D eigenvalue weighted by Gasteiger charge is 2.60. The lowest BCUT2D eigenvalue weighted by Crippen LogP contribution is -2.70. The summed E-state index contributed by atoms with van der Waals surface area (Å²) in [4.78, 5) is 38.7. The number of carboxylic acids is 1. The van der Waals surface area contributed by atoms with Crippen LogP contribution in [0.4, 0.5) is 0 Å². The normalized spacial score (nSPS) is 27.2. The Morgan fingerprint density at radius 2 is 0.888 bits per heavy atom. The van der Waals surface area contributed by atoms with Gasteiger partial charge < -0.3 is 100 Å². The van der Waals surface area contributed by atoms with Crippen LogP contribution in [0, 0.1) is 0 Å². The molecule has 3 fully saturated rings. The van der Waals surface area contributed by atoms with E-state index < -0.39 is 148 Å². The fraction of sp³-hybridized carbons (Fsp3) is 0.960. The predicted molar refractivity (Wildman–Crippen MR) is 375 cm³/mol. The molecule has 23 heteroatoms. The van der Waals surface area contributed by atoms with E-state index in [2.05, 4.69) is 24.5 Å². The molecule has 14 N–H and O–H groups in total. The van der Waals surface area contributed by atoms with Crippen molar-refractivity contribution < 1.29 is 104 Å². The first kappa shape index (κ1) is 89.9. The highest BCUT2D eigenvalue weighted by atomic mass is 16.8. The van der Waals surface area contributed by atoms with E-state index in [1.165, 1.54) is 225 Å². The fourth-order valence-electron chi connectivity index (χ4n) is 14.1. The highest BCUT2D eigenvalue weighted by Crippen LogP contribution is 2.39. The second kappa shape index (κ2) is 55.3. The molecule has 0 aromatic heterocycles. The average Bonchev–Trinajstić information content (AvgIpc) is 0.757. The Labute approximate surface area is 589 Å². The molecule has 23 nitrogen and oxygen atoms in total. The molecule has 3 rings (SSSR count). The van der Waals surface area contributed by atoms with Gasteiger partial charge in [0.2, 0.25) is 11.8 Å². The standard InChI is InChI=1S/C75H142N2O21/c1-4-6-8-10-12-14-16-18-20-22-23-24-25-26-27-28-29-30-31-32-33-35-37-39-41-43-45-47-49-62(85)77-56(57(82)48-46-44-42-40-38-36-34-21-19-17-15-13-11-9-7-5-2)54-93-72-67(89)66(88)69(61(53-80)95-72)96-73-68(90)71(65(87)60(52-79)94-73)98-75(74(91)92)50-58(83)63(76-55(3)81)70(97-75)64(86)59(84)51-78/h56-61,63-73,78-80,82-84,86-90H,4-54H2,1-3H3,(H,76,81)(H,77,85)(H,91,92). The largest absolute Gasteiger partial charge is 0.477 e. The molecule has 0 aromatic rings. The van der Waals surface area contributed by atoms with Crippen LogP contribution in [0.1, 0.15) is 323 Å². The van der Waals surface area contributed by atoms with E-state index in [1.54, 1.807) is 0 Å². The molecule has 0 radical (unpaired) electrons. The number of aliphatic carboxylic acids is 1. The maximum atomic E-state index is 13.5. The molecular formula is C75H142N2O21. The fourth-order valence-corrected chi connectivity index (χ4v) is 14.1. The lowest BCUT2D eigenvalue weighted by molar-refractivity contribution is -0.386. The number of hydrogen-bond donors (Lipinski definition) is 14. The number of amides is 2. The molecule has 0 bridgehead atoms. The van der Waals surface area contributed by atoms with Gasteiger partial charge in [-0.1, -0.05) is 290 Å². The topological polar surface area (TPSA) is 373 Å². The molecule has 18 unspecified atom stereocenters. The van der Waals surface area contributed by atoms with Gasteiger partial charge in [-0.2, -0.15) is 0 Å². The molecule has 98 heavy (non-hydrogen) atoms. The summed E-state index contributed by atoms with van der Waals surface area (Å²) in [5, 5.41) is 136. The van der Waals surface area contributed by atoms with Crippen molar-refractivity contribution in [2.75, 3.05) is 26.4 Å². The zero-order chi connectivity index (χ0) is 71.8. The summed E-state index contributed by atoms with van der Waals surface area (Å²) in [7, 11) is 0. The van der Waals surface area contributed by atoms with Gasteiger partial charge in [-0.3, -0.25) is 9.59 Å². The molecule has 18 atom stereocenters. The Bertz CT molecular complexity index is 1970. The second-order valence-corrected chi connectivity index (χ2v) is 28.9. The van der Waals surface area contributed by atoms with Crippen LogP contribution in [-0.2, 0) is 42.8 Å². The zero-order valence-electron chi connectivity index (χ0n) is 60.9. The molecule has 578 valence electrons. The summed E-state index contributed by atoms with van der Waals surface area (Å²) in [5.74, 6) is -6.09. The van der Waals surface area contributed by atoms with Gasteiger partial charge >= 0.3 is 5.97 Å². The summed E-state index contributed by atoms with van der Waals surface area (Å²) in [5.41, 5.74) is 0. The van der Waals surface area contributed by atoms with E-state index in [0.717, 1.165) is 51.9 Å². The molecule has 0 aliphatic carbocycles. The Hall–Kier alpha value is -2.27. The van der Waals surface area contributed by atoms with Crippen molar-refractivity contribution in [3.05, 3.63) is 0 Å². The third kappa shape index (κ3) is 36.0. The number of aliphatic hydroxyl groups is 11. The van der Waals surface area contributed by atoms with Crippen molar-refractivity contribution in [2.45, 2.75) is 432 Å². The van der Waals surface area contributed by atoms with E-state index in [-0.39, 0.29) is 18.9 Å². The van der Waals surface area contributed by atoms with Crippen molar-refractivity contribution in [3.63, 3.8) is 0 Å². The Kier molecular flexibility index (Phi) is 50.7. The quantitative estimate of drug-likeness (QED) is 0.0252. The molecule has 3 aliphatic rings. The Morgan fingerprint density at radius 3 is 1.28 bits per heavy atom. The van der Waals surface area contributed by atoms with E-state index >= 15 is 0 Å². The van der Waals surface area contributed by atoms with Crippen molar-refractivity contribution >= 4 is 17.8 Å². The van der Waals surface area contributed by atoms with Crippen LogP contribution < -0.4 is 10.6 Å².